The average molecular weight is 410 g/mol. The van der Waals surface area contributed by atoms with Crippen LogP contribution in [0.25, 0.3) is 40.4 Å². The first-order chi connectivity index (χ1) is 14.6. The van der Waals surface area contributed by atoms with E-state index in [1.165, 1.54) is 0 Å². The molecule has 4 aromatic rings. The quantitative estimate of drug-likeness (QED) is 0.354. The largest absolute Gasteiger partial charge is 0.264 e. The summed E-state index contributed by atoms with van der Waals surface area (Å²) in [5, 5.41) is 0.695. The molecule has 30 heavy (non-hydrogen) atoms. The molecule has 0 radical (unpaired) electrons. The number of nitrogens with zero attached hydrogens (tertiary/aromatic N) is 3. The summed E-state index contributed by atoms with van der Waals surface area (Å²) in [5.41, 5.74) is 6.70. The van der Waals surface area contributed by atoms with Crippen molar-refractivity contribution < 1.29 is 0 Å². The Hall–Kier alpha value is -3.56. The van der Waals surface area contributed by atoms with Gasteiger partial charge in [-0.1, -0.05) is 66.7 Å². The molecular weight excluding hydrogens is 390 g/mol. The molecule has 4 heteroatoms. The van der Waals surface area contributed by atoms with Crippen LogP contribution in [-0.4, -0.2) is 15.0 Å². The van der Waals surface area contributed by atoms with Gasteiger partial charge in [0.25, 0.3) is 0 Å². The van der Waals surface area contributed by atoms with Crippen molar-refractivity contribution in [1.82, 2.24) is 15.0 Å². The Morgan fingerprint density at radius 1 is 0.900 bits per heavy atom. The van der Waals surface area contributed by atoms with E-state index in [1.54, 1.807) is 6.20 Å². The van der Waals surface area contributed by atoms with Crippen LogP contribution in [0.5, 0.6) is 0 Å². The van der Waals surface area contributed by atoms with Crippen LogP contribution in [0.1, 0.15) is 23.7 Å². The molecular formula is C26H20ClN3. The lowest BCUT2D eigenvalue weighted by atomic mass is 10.0. The number of rotatable bonds is 5. The molecule has 4 rings (SSSR count). The van der Waals surface area contributed by atoms with Crippen LogP contribution in [0.3, 0.4) is 0 Å². The normalized spacial score (nSPS) is 11.3. The molecule has 0 aliphatic rings. The zero-order valence-electron chi connectivity index (χ0n) is 16.6. The minimum absolute atomic E-state index is 0.681. The average Bonchev–Trinajstić information content (AvgIpc) is 2.80. The molecule has 0 atom stereocenters. The van der Waals surface area contributed by atoms with Gasteiger partial charge in [0.1, 0.15) is 0 Å². The fourth-order valence-corrected chi connectivity index (χ4v) is 3.29. The molecule has 0 aliphatic heterocycles. The van der Waals surface area contributed by atoms with Gasteiger partial charge in [-0.15, -0.1) is 0 Å². The maximum Gasteiger partial charge on any atom is 0.160 e. The Labute approximate surface area is 181 Å². The van der Waals surface area contributed by atoms with Crippen molar-refractivity contribution in [2.24, 2.45) is 0 Å². The second-order valence-corrected chi connectivity index (χ2v) is 7.31. The van der Waals surface area contributed by atoms with Crippen molar-refractivity contribution in [3.05, 3.63) is 108 Å². The second kappa shape index (κ2) is 8.85. The highest BCUT2D eigenvalue weighted by molar-refractivity contribution is 6.30. The summed E-state index contributed by atoms with van der Waals surface area (Å²) in [7, 11) is 0. The van der Waals surface area contributed by atoms with Crippen LogP contribution in [0.2, 0.25) is 5.02 Å². The molecule has 0 spiro atoms. The molecule has 2 heterocycles. The van der Waals surface area contributed by atoms with E-state index in [9.17, 15) is 0 Å². The molecule has 146 valence electrons. The summed E-state index contributed by atoms with van der Waals surface area (Å²) < 4.78 is 0. The minimum Gasteiger partial charge on any atom is -0.264 e. The van der Waals surface area contributed by atoms with Gasteiger partial charge in [0.05, 0.1) is 11.4 Å². The highest BCUT2D eigenvalue weighted by Crippen LogP contribution is 2.27. The lowest BCUT2D eigenvalue weighted by Crippen LogP contribution is -1.97. The van der Waals surface area contributed by atoms with E-state index in [4.69, 9.17) is 21.6 Å². The Kier molecular flexibility index (Phi) is 5.82. The van der Waals surface area contributed by atoms with E-state index in [0.29, 0.717) is 10.8 Å². The number of allylic oxidation sites excluding steroid dienone is 1. The number of benzene rings is 2. The number of halogens is 1. The first-order valence-electron chi connectivity index (χ1n) is 9.59. The Balaban J connectivity index is 1.86. The van der Waals surface area contributed by atoms with E-state index in [0.717, 1.165) is 39.2 Å². The maximum absolute atomic E-state index is 6.07. The van der Waals surface area contributed by atoms with Crippen molar-refractivity contribution in [2.75, 3.05) is 0 Å². The molecule has 2 aromatic heterocycles. The molecule has 2 aromatic carbocycles. The number of aromatic nitrogens is 3. The van der Waals surface area contributed by atoms with Crippen molar-refractivity contribution in [3.63, 3.8) is 0 Å². The predicted molar refractivity (Wildman–Crippen MR) is 126 cm³/mol. The molecule has 0 amide bonds. The molecule has 0 N–H and O–H groups in total. The summed E-state index contributed by atoms with van der Waals surface area (Å²) in [6.07, 6.45) is 7.50. The van der Waals surface area contributed by atoms with Crippen LogP contribution in [-0.2, 0) is 0 Å². The molecule has 3 nitrogen and oxygen atoms in total. The van der Waals surface area contributed by atoms with E-state index >= 15 is 0 Å². The van der Waals surface area contributed by atoms with Crippen LogP contribution in [0, 0.1) is 0 Å². The van der Waals surface area contributed by atoms with Crippen molar-refractivity contribution in [2.45, 2.75) is 6.92 Å². The molecule has 0 unspecified atom stereocenters. The Bertz CT molecular complexity index is 1210. The van der Waals surface area contributed by atoms with Gasteiger partial charge in [-0.3, -0.25) is 4.98 Å². The van der Waals surface area contributed by atoms with Crippen LogP contribution >= 0.6 is 11.6 Å². The Morgan fingerprint density at radius 3 is 2.40 bits per heavy atom. The topological polar surface area (TPSA) is 38.7 Å². The van der Waals surface area contributed by atoms with Gasteiger partial charge in [-0.2, -0.15) is 0 Å². The Morgan fingerprint density at radius 2 is 1.67 bits per heavy atom. The summed E-state index contributed by atoms with van der Waals surface area (Å²) in [6.45, 7) is 5.94. The van der Waals surface area contributed by atoms with E-state index in [2.05, 4.69) is 17.6 Å². The van der Waals surface area contributed by atoms with Crippen LogP contribution < -0.4 is 0 Å². The van der Waals surface area contributed by atoms with Crippen LogP contribution in [0.4, 0.5) is 0 Å². The second-order valence-electron chi connectivity index (χ2n) is 6.87. The standard InChI is InChI=1S/C26H20ClN3/c1-3-19-13-14-28-17-22(19)15-18(2)24-16-25(20-9-11-23(27)12-10-20)30-26(29-24)21-7-5-4-6-8-21/h3-17H,1H2,2H3/b18-15+. The van der Waals surface area contributed by atoms with Gasteiger partial charge in [0, 0.05) is 34.1 Å². The third-order valence-electron chi connectivity index (χ3n) is 4.78. The van der Waals surface area contributed by atoms with Gasteiger partial charge in [0.2, 0.25) is 0 Å². The van der Waals surface area contributed by atoms with Gasteiger partial charge >= 0.3 is 0 Å². The first-order valence-corrected chi connectivity index (χ1v) is 9.97. The number of hydrogen-bond donors (Lipinski definition) is 0. The van der Waals surface area contributed by atoms with E-state index < -0.39 is 0 Å². The highest BCUT2D eigenvalue weighted by Gasteiger charge is 2.10. The predicted octanol–water partition coefficient (Wildman–Crippen LogP) is 7.06. The molecule has 0 saturated heterocycles. The summed E-state index contributed by atoms with van der Waals surface area (Å²) in [4.78, 5) is 13.9. The molecule has 0 aliphatic carbocycles. The first kappa shape index (κ1) is 19.7. The number of pyridine rings is 1. The van der Waals surface area contributed by atoms with Crippen molar-refractivity contribution in [1.29, 1.82) is 0 Å². The molecule has 0 bridgehead atoms. The van der Waals surface area contributed by atoms with E-state index in [1.807, 2.05) is 85.9 Å². The van der Waals surface area contributed by atoms with Gasteiger partial charge < -0.3 is 0 Å². The zero-order chi connectivity index (χ0) is 20.9. The lowest BCUT2D eigenvalue weighted by molar-refractivity contribution is 1.15. The zero-order valence-corrected chi connectivity index (χ0v) is 17.3. The summed E-state index contributed by atoms with van der Waals surface area (Å²) in [5.74, 6) is 0.681. The van der Waals surface area contributed by atoms with Crippen molar-refractivity contribution in [3.8, 4) is 22.6 Å². The monoisotopic (exact) mass is 409 g/mol. The smallest absolute Gasteiger partial charge is 0.160 e. The third kappa shape index (κ3) is 4.37. The number of hydrogen-bond acceptors (Lipinski definition) is 3. The molecule has 0 saturated carbocycles. The summed E-state index contributed by atoms with van der Waals surface area (Å²) >= 11 is 6.07. The minimum atomic E-state index is 0.681. The fraction of sp³-hybridized carbons (Fsp3) is 0.0385. The van der Waals surface area contributed by atoms with Crippen LogP contribution in [0.15, 0.2) is 85.7 Å². The van der Waals surface area contributed by atoms with Gasteiger partial charge in [-0.05, 0) is 48.4 Å². The SMILES string of the molecule is C=Cc1ccncc1/C=C(\C)c1cc(-c2ccc(Cl)cc2)nc(-c2ccccc2)n1. The van der Waals surface area contributed by atoms with E-state index in [-0.39, 0.29) is 0 Å². The lowest BCUT2D eigenvalue weighted by Gasteiger charge is -2.10. The fourth-order valence-electron chi connectivity index (χ4n) is 3.17. The van der Waals surface area contributed by atoms with Crippen molar-refractivity contribution >= 4 is 29.3 Å². The maximum atomic E-state index is 6.07. The highest BCUT2D eigenvalue weighted by atomic mass is 35.5. The molecule has 0 fully saturated rings. The van der Waals surface area contributed by atoms with Gasteiger partial charge in [0.15, 0.2) is 5.82 Å². The van der Waals surface area contributed by atoms with Gasteiger partial charge in [-0.25, -0.2) is 9.97 Å². The summed E-state index contributed by atoms with van der Waals surface area (Å²) in [6, 6.07) is 21.6. The third-order valence-corrected chi connectivity index (χ3v) is 5.03.